The van der Waals surface area contributed by atoms with Crippen molar-refractivity contribution >= 4 is 31.0 Å². The Morgan fingerprint density at radius 2 is 1.91 bits per heavy atom. The summed E-state index contributed by atoms with van der Waals surface area (Å²) < 4.78 is 28.7. The Balaban J connectivity index is 0.00000118. The first-order valence-corrected chi connectivity index (χ1v) is 12.3. The van der Waals surface area contributed by atoms with Crippen LogP contribution >= 0.6 is 31.0 Å². The molecule has 2 rings (SSSR count). The van der Waals surface area contributed by atoms with E-state index in [0.29, 0.717) is 17.9 Å². The summed E-state index contributed by atoms with van der Waals surface area (Å²) in [6.45, 7) is 3.84. The third-order valence-electron chi connectivity index (χ3n) is 4.53. The van der Waals surface area contributed by atoms with E-state index in [4.69, 9.17) is 42.0 Å². The van der Waals surface area contributed by atoms with E-state index in [9.17, 15) is 9.67 Å². The monoisotopic (exact) mass is 545 g/mol. The maximum absolute atomic E-state index is 12.7. The van der Waals surface area contributed by atoms with Gasteiger partial charge in [0.1, 0.15) is 0 Å². The van der Waals surface area contributed by atoms with Crippen molar-refractivity contribution in [2.45, 2.75) is 39.5 Å². The molecule has 0 fully saturated rings. The van der Waals surface area contributed by atoms with E-state index < -0.39 is 13.2 Å². The molecule has 6 nitrogen and oxygen atoms in total. The third kappa shape index (κ3) is 13.2. The SMILES string of the molecule is CCC(C)(CO)COP(=O)(OCCC#N)OCCCc1ccc(Cl)[cH-]1.Clc1ccc[cH-]1.[Fe+2]. The Hall–Kier alpha value is -0.641. The zero-order valence-electron chi connectivity index (χ0n) is 18.3. The van der Waals surface area contributed by atoms with Gasteiger partial charge in [0.2, 0.25) is 0 Å². The Morgan fingerprint density at radius 3 is 2.38 bits per heavy atom. The van der Waals surface area contributed by atoms with Gasteiger partial charge in [-0.1, -0.05) is 23.9 Å². The van der Waals surface area contributed by atoms with E-state index in [2.05, 4.69) is 0 Å². The molecule has 0 spiro atoms. The molecule has 2 aromatic rings. The average Bonchev–Trinajstić information content (AvgIpc) is 3.41. The predicted molar refractivity (Wildman–Crippen MR) is 124 cm³/mol. The minimum atomic E-state index is -3.78. The third-order valence-corrected chi connectivity index (χ3v) is 6.46. The summed E-state index contributed by atoms with van der Waals surface area (Å²) in [4.78, 5) is 0. The number of hydrogen-bond acceptors (Lipinski definition) is 6. The van der Waals surface area contributed by atoms with Crippen LogP contribution in [0.1, 0.15) is 38.7 Å². The molecule has 1 N–H and O–H groups in total. The fraction of sp³-hybridized carbons (Fsp3) is 0.500. The van der Waals surface area contributed by atoms with Gasteiger partial charge >= 0.3 is 24.9 Å². The number of nitrogens with zero attached hydrogens (tertiary/aromatic N) is 1. The van der Waals surface area contributed by atoms with Crippen LogP contribution in [0.2, 0.25) is 10.0 Å². The first-order chi connectivity index (χ1) is 14.8. The zero-order valence-corrected chi connectivity index (χ0v) is 21.8. The van der Waals surface area contributed by atoms with Crippen LogP contribution in [0.15, 0.2) is 42.5 Å². The summed E-state index contributed by atoms with van der Waals surface area (Å²) in [5, 5.41) is 19.5. The quantitative estimate of drug-likeness (QED) is 0.133. The van der Waals surface area contributed by atoms with Gasteiger partial charge in [0, 0.05) is 5.41 Å². The van der Waals surface area contributed by atoms with Crippen molar-refractivity contribution in [3.05, 3.63) is 58.1 Å². The van der Waals surface area contributed by atoms with E-state index in [-0.39, 0.29) is 49.9 Å². The largest absolute Gasteiger partial charge is 2.00 e. The molecular weight excluding hydrogens is 516 g/mol. The smallest absolute Gasteiger partial charge is 0.396 e. The van der Waals surface area contributed by atoms with Crippen LogP contribution in [0, 0.1) is 16.7 Å². The average molecular weight is 546 g/mol. The molecule has 10 heteroatoms. The molecule has 0 aliphatic carbocycles. The van der Waals surface area contributed by atoms with Gasteiger partial charge in [-0.05, 0) is 19.3 Å². The van der Waals surface area contributed by atoms with Crippen molar-refractivity contribution < 1.29 is 40.3 Å². The van der Waals surface area contributed by atoms with Crippen LogP contribution in [-0.4, -0.2) is 31.5 Å². The molecule has 0 aliphatic heterocycles. The predicted octanol–water partition coefficient (Wildman–Crippen LogP) is 6.53. The summed E-state index contributed by atoms with van der Waals surface area (Å²) in [6, 6.07) is 15.0. The molecule has 0 heterocycles. The normalized spacial score (nSPS) is 14.2. The topological polar surface area (TPSA) is 88.8 Å². The fourth-order valence-electron chi connectivity index (χ4n) is 2.23. The minimum absolute atomic E-state index is 0. The van der Waals surface area contributed by atoms with Crippen LogP contribution < -0.4 is 0 Å². The van der Waals surface area contributed by atoms with E-state index in [1.54, 1.807) is 0 Å². The first kappa shape index (κ1) is 31.4. The van der Waals surface area contributed by atoms with Crippen LogP contribution in [0.4, 0.5) is 0 Å². The molecule has 2 atom stereocenters. The summed E-state index contributed by atoms with van der Waals surface area (Å²) in [6.07, 6.45) is 2.10. The van der Waals surface area contributed by atoms with E-state index in [1.165, 1.54) is 0 Å². The van der Waals surface area contributed by atoms with Gasteiger partial charge < -0.3 is 5.11 Å². The van der Waals surface area contributed by atoms with Crippen molar-refractivity contribution in [2.24, 2.45) is 5.41 Å². The fourth-order valence-corrected chi connectivity index (χ4v) is 3.94. The number of rotatable bonds is 13. The number of aryl methyl sites for hydroxylation is 1. The number of aliphatic hydroxyl groups excluding tert-OH is 1. The van der Waals surface area contributed by atoms with Gasteiger partial charge in [-0.3, -0.25) is 13.6 Å². The second-order valence-corrected chi connectivity index (χ2v) is 9.80. The van der Waals surface area contributed by atoms with Crippen molar-refractivity contribution in [3.8, 4) is 6.07 Å². The number of aliphatic hydroxyl groups is 1. The molecule has 180 valence electrons. The molecule has 0 aromatic heterocycles. The second-order valence-electron chi connectivity index (χ2n) is 7.26. The molecule has 32 heavy (non-hydrogen) atoms. The number of hydrogen-bond donors (Lipinski definition) is 1. The van der Waals surface area contributed by atoms with Crippen LogP contribution in [0.25, 0.3) is 0 Å². The van der Waals surface area contributed by atoms with Gasteiger partial charge in [-0.15, -0.1) is 23.2 Å². The van der Waals surface area contributed by atoms with Crippen molar-refractivity contribution in [3.63, 3.8) is 0 Å². The Labute approximate surface area is 211 Å². The van der Waals surface area contributed by atoms with Gasteiger partial charge in [-0.2, -0.15) is 41.2 Å². The first-order valence-electron chi connectivity index (χ1n) is 10.1. The molecule has 0 radical (unpaired) electrons. The Morgan fingerprint density at radius 1 is 1.19 bits per heavy atom. The Kier molecular flexibility index (Phi) is 16.6. The molecule has 2 unspecified atom stereocenters. The van der Waals surface area contributed by atoms with E-state index >= 15 is 0 Å². The summed E-state index contributed by atoms with van der Waals surface area (Å²) >= 11 is 11.3. The van der Waals surface area contributed by atoms with Gasteiger partial charge in [0.05, 0.1) is 38.9 Å². The minimum Gasteiger partial charge on any atom is -0.396 e. The summed E-state index contributed by atoms with van der Waals surface area (Å²) in [5.74, 6) is 0. The van der Waals surface area contributed by atoms with Crippen LogP contribution in [0.5, 0.6) is 0 Å². The van der Waals surface area contributed by atoms with Gasteiger partial charge in [-0.25, -0.2) is 16.7 Å². The molecular formula is C22H30Cl2FeNO5P. The van der Waals surface area contributed by atoms with E-state index in [1.807, 2.05) is 62.4 Å². The standard InChI is InChI=1S/C17H26ClNO5P.C5H4Cl.Fe/c1-3-17(2,13-20)14-24-25(21,23-11-5-9-19)22-10-4-6-15-7-8-16(18)12-15;6-5-3-1-2-4-5;/h7-8,12,20H,3-6,10-11,13-14H2,1-2H3;1-4H;/q2*-1;+2. The molecule has 2 aromatic carbocycles. The molecule has 0 saturated heterocycles. The van der Waals surface area contributed by atoms with Gasteiger partial charge in [0.25, 0.3) is 0 Å². The maximum Gasteiger partial charge on any atom is 2.00 e. The van der Waals surface area contributed by atoms with Crippen molar-refractivity contribution in [1.29, 1.82) is 5.26 Å². The maximum atomic E-state index is 12.7. The van der Waals surface area contributed by atoms with Crippen LogP contribution in [-0.2, 0) is 41.6 Å². The number of halogens is 2. The van der Waals surface area contributed by atoms with Crippen LogP contribution in [0.3, 0.4) is 0 Å². The number of phosphoric acid groups is 1. The second kappa shape index (κ2) is 16.9. The van der Waals surface area contributed by atoms with Crippen molar-refractivity contribution in [1.82, 2.24) is 0 Å². The molecule has 0 aliphatic rings. The van der Waals surface area contributed by atoms with Gasteiger partial charge in [0.15, 0.2) is 0 Å². The molecule has 0 saturated carbocycles. The summed E-state index contributed by atoms with van der Waals surface area (Å²) in [5.41, 5.74) is 0.553. The molecule has 0 bridgehead atoms. The number of phosphoric ester groups is 1. The number of nitriles is 1. The molecule has 0 amide bonds. The Bertz CT molecular complexity index is 819. The van der Waals surface area contributed by atoms with Crippen molar-refractivity contribution in [2.75, 3.05) is 26.4 Å². The summed E-state index contributed by atoms with van der Waals surface area (Å²) in [7, 11) is -3.78. The zero-order chi connectivity index (χ0) is 23.2. The van der Waals surface area contributed by atoms with E-state index in [0.717, 1.165) is 17.0 Å².